The van der Waals surface area contributed by atoms with Gasteiger partial charge >= 0.3 is 0 Å². The molecule has 3 aromatic carbocycles. The first-order valence-electron chi connectivity index (χ1n) is 13.0. The van der Waals surface area contributed by atoms with Crippen LogP contribution in [0.4, 0.5) is 5.69 Å². The molecule has 0 saturated heterocycles. The molecule has 0 fully saturated rings. The lowest BCUT2D eigenvalue weighted by atomic mass is 10.1. The van der Waals surface area contributed by atoms with E-state index in [9.17, 15) is 18.0 Å². The first-order valence-corrected chi connectivity index (χ1v) is 15.2. The maximum atomic E-state index is 14.1. The van der Waals surface area contributed by atoms with Crippen LogP contribution in [0.25, 0.3) is 0 Å². The first kappa shape index (κ1) is 31.5. The van der Waals surface area contributed by atoms with E-state index in [0.29, 0.717) is 6.42 Å². The van der Waals surface area contributed by atoms with E-state index < -0.39 is 28.5 Å². The van der Waals surface area contributed by atoms with Crippen LogP contribution in [0.1, 0.15) is 43.9 Å². The molecule has 0 spiro atoms. The van der Waals surface area contributed by atoms with E-state index in [0.717, 1.165) is 21.0 Å². The predicted octanol–water partition coefficient (Wildman–Crippen LogP) is 6.14. The summed E-state index contributed by atoms with van der Waals surface area (Å²) in [5, 5.41) is 3.29. The molecule has 1 atom stereocenters. The van der Waals surface area contributed by atoms with Crippen molar-refractivity contribution in [3.63, 3.8) is 0 Å². The number of carbonyl (C=O) groups is 2. The van der Waals surface area contributed by atoms with Gasteiger partial charge in [0.1, 0.15) is 12.6 Å². The summed E-state index contributed by atoms with van der Waals surface area (Å²) < 4.78 is 28.8. The molecular weight excluding hydrogens is 569 g/mol. The van der Waals surface area contributed by atoms with Crippen LogP contribution in [-0.2, 0) is 26.2 Å². The number of nitrogens with zero attached hydrogens (tertiary/aromatic N) is 2. The average Bonchev–Trinajstić information content (AvgIpc) is 2.89. The molecule has 0 unspecified atom stereocenters. The zero-order valence-electron chi connectivity index (χ0n) is 23.3. The number of aryl methyl sites for hydroxylation is 2. The number of carbonyl (C=O) groups excluding carboxylic acids is 2. The van der Waals surface area contributed by atoms with E-state index in [2.05, 4.69) is 5.32 Å². The molecule has 3 rings (SSSR count). The van der Waals surface area contributed by atoms with E-state index in [1.165, 1.54) is 35.2 Å². The maximum absolute atomic E-state index is 14.1. The third-order valence-electron chi connectivity index (χ3n) is 6.37. The van der Waals surface area contributed by atoms with Crippen molar-refractivity contribution in [1.29, 1.82) is 0 Å². The summed E-state index contributed by atoms with van der Waals surface area (Å²) in [5.41, 5.74) is 2.94. The Kier molecular flexibility index (Phi) is 10.6. The highest BCUT2D eigenvalue weighted by Gasteiger charge is 2.34. The van der Waals surface area contributed by atoms with E-state index in [1.54, 1.807) is 12.1 Å². The zero-order chi connectivity index (χ0) is 29.6. The van der Waals surface area contributed by atoms with Gasteiger partial charge in [-0.3, -0.25) is 13.9 Å². The average molecular weight is 605 g/mol. The first-order chi connectivity index (χ1) is 18.8. The highest BCUT2D eigenvalue weighted by atomic mass is 35.5. The molecule has 0 heterocycles. The van der Waals surface area contributed by atoms with Gasteiger partial charge in [-0.25, -0.2) is 8.42 Å². The van der Waals surface area contributed by atoms with Crippen molar-refractivity contribution in [3.05, 3.63) is 93.5 Å². The third-order valence-corrected chi connectivity index (χ3v) is 8.90. The smallest absolute Gasteiger partial charge is 0.264 e. The molecule has 0 aliphatic heterocycles. The fraction of sp³-hybridized carbons (Fsp3) is 0.333. The molecule has 0 bridgehead atoms. The van der Waals surface area contributed by atoms with Crippen molar-refractivity contribution in [1.82, 2.24) is 10.2 Å². The molecule has 1 N–H and O–H groups in total. The van der Waals surface area contributed by atoms with Crippen LogP contribution in [0.3, 0.4) is 0 Å². The van der Waals surface area contributed by atoms with Gasteiger partial charge in [-0.05, 0) is 70.0 Å². The number of hydrogen-bond acceptors (Lipinski definition) is 4. The lowest BCUT2D eigenvalue weighted by Crippen LogP contribution is -2.53. The summed E-state index contributed by atoms with van der Waals surface area (Å²) >= 11 is 12.4. The zero-order valence-corrected chi connectivity index (χ0v) is 25.6. The Bertz CT molecular complexity index is 1440. The topological polar surface area (TPSA) is 86.8 Å². The third kappa shape index (κ3) is 7.77. The second kappa shape index (κ2) is 13.5. The lowest BCUT2D eigenvalue weighted by Gasteiger charge is -2.33. The highest BCUT2D eigenvalue weighted by molar-refractivity contribution is 7.92. The minimum Gasteiger partial charge on any atom is -0.352 e. The van der Waals surface area contributed by atoms with Gasteiger partial charge in [0.2, 0.25) is 11.8 Å². The van der Waals surface area contributed by atoms with Gasteiger partial charge in [0.15, 0.2) is 0 Å². The van der Waals surface area contributed by atoms with Gasteiger partial charge in [-0.2, -0.15) is 0 Å². The van der Waals surface area contributed by atoms with Crippen LogP contribution in [0.15, 0.2) is 71.6 Å². The van der Waals surface area contributed by atoms with Crippen molar-refractivity contribution in [2.24, 2.45) is 0 Å². The van der Waals surface area contributed by atoms with Crippen molar-refractivity contribution in [3.8, 4) is 0 Å². The summed E-state index contributed by atoms with van der Waals surface area (Å²) in [5.74, 6) is -0.839. The quantitative estimate of drug-likeness (QED) is 0.285. The minimum absolute atomic E-state index is 0.0200. The lowest BCUT2D eigenvalue weighted by molar-refractivity contribution is -0.140. The number of amides is 2. The number of sulfonamides is 1. The summed E-state index contributed by atoms with van der Waals surface area (Å²) in [6.07, 6.45) is 0.341. The van der Waals surface area contributed by atoms with Crippen molar-refractivity contribution < 1.29 is 18.0 Å². The van der Waals surface area contributed by atoms with Crippen molar-refractivity contribution in [2.45, 2.75) is 64.6 Å². The van der Waals surface area contributed by atoms with Gasteiger partial charge < -0.3 is 10.2 Å². The molecule has 3 aromatic rings. The second-order valence-corrected chi connectivity index (χ2v) is 12.7. The Morgan fingerprint density at radius 1 is 0.875 bits per heavy atom. The summed E-state index contributed by atoms with van der Waals surface area (Å²) in [4.78, 5) is 28.7. The molecule has 10 heteroatoms. The van der Waals surface area contributed by atoms with Crippen LogP contribution in [0.5, 0.6) is 0 Å². The van der Waals surface area contributed by atoms with Crippen molar-refractivity contribution >= 4 is 50.7 Å². The molecule has 0 saturated carbocycles. The van der Waals surface area contributed by atoms with Crippen LogP contribution >= 0.6 is 23.2 Å². The molecule has 2 amide bonds. The van der Waals surface area contributed by atoms with Gasteiger partial charge in [0.05, 0.1) is 20.6 Å². The van der Waals surface area contributed by atoms with E-state index in [4.69, 9.17) is 23.2 Å². The Labute approximate surface area is 247 Å². The second-order valence-electron chi connectivity index (χ2n) is 10.0. The molecular formula is C30H35Cl2N3O4S. The molecule has 214 valence electrons. The number of rotatable bonds is 11. The fourth-order valence-electron chi connectivity index (χ4n) is 4.20. The van der Waals surface area contributed by atoms with Crippen LogP contribution in [0, 0.1) is 13.8 Å². The molecule has 0 aromatic heterocycles. The minimum atomic E-state index is -4.20. The van der Waals surface area contributed by atoms with Crippen LogP contribution in [-0.4, -0.2) is 43.8 Å². The molecule has 7 nitrogen and oxygen atoms in total. The molecule has 40 heavy (non-hydrogen) atoms. The largest absolute Gasteiger partial charge is 0.352 e. The summed E-state index contributed by atoms with van der Waals surface area (Å²) in [6, 6.07) is 17.5. The van der Waals surface area contributed by atoms with E-state index in [-0.39, 0.29) is 39.1 Å². The van der Waals surface area contributed by atoms with Gasteiger partial charge in [-0.1, -0.05) is 77.7 Å². The molecule has 0 aliphatic carbocycles. The number of anilines is 1. The van der Waals surface area contributed by atoms with Gasteiger partial charge in [0.25, 0.3) is 10.0 Å². The van der Waals surface area contributed by atoms with E-state index >= 15 is 0 Å². The van der Waals surface area contributed by atoms with Crippen LogP contribution < -0.4 is 9.62 Å². The Hall–Kier alpha value is -3.07. The fourth-order valence-corrected chi connectivity index (χ4v) is 5.90. The Balaban J connectivity index is 2.08. The number of hydrogen-bond donors (Lipinski definition) is 1. The highest BCUT2D eigenvalue weighted by Crippen LogP contribution is 2.31. The molecule has 0 radical (unpaired) electrons. The number of benzene rings is 3. The normalized spacial score (nSPS) is 12.2. The number of nitrogens with one attached hydrogen (secondary N) is 1. The molecule has 0 aliphatic rings. The van der Waals surface area contributed by atoms with E-state index in [1.807, 2.05) is 58.9 Å². The number of halogens is 2. The van der Waals surface area contributed by atoms with Crippen LogP contribution in [0.2, 0.25) is 10.0 Å². The van der Waals surface area contributed by atoms with Crippen molar-refractivity contribution in [2.75, 3.05) is 10.8 Å². The standard InChI is InChI=1S/C30H35Cl2N3O4S/c1-6-28(30(37)33-20(2)3)34(18-23-11-7-21(4)8-12-23)29(36)19-35(24-13-16-26(31)27(32)17-24)40(38,39)25-14-9-22(5)10-15-25/h7-17,20,28H,6,18-19H2,1-5H3,(H,33,37)/t28-/m0/s1. The van der Waals surface area contributed by atoms with Gasteiger partial charge in [0, 0.05) is 12.6 Å². The summed E-state index contributed by atoms with van der Waals surface area (Å²) in [6.45, 7) is 8.90. The Morgan fingerprint density at radius 3 is 1.98 bits per heavy atom. The SMILES string of the molecule is CC[C@@H](C(=O)NC(C)C)N(Cc1ccc(C)cc1)C(=O)CN(c1ccc(Cl)c(Cl)c1)S(=O)(=O)c1ccc(C)cc1. The monoisotopic (exact) mass is 603 g/mol. The maximum Gasteiger partial charge on any atom is 0.264 e. The predicted molar refractivity (Wildman–Crippen MR) is 161 cm³/mol. The van der Waals surface area contributed by atoms with Gasteiger partial charge in [-0.15, -0.1) is 0 Å². The summed E-state index contributed by atoms with van der Waals surface area (Å²) in [7, 11) is -4.20. The Morgan fingerprint density at radius 2 is 1.45 bits per heavy atom.